The monoisotopic (exact) mass is 295 g/mol. The van der Waals surface area contributed by atoms with Crippen LogP contribution < -0.4 is 10.5 Å². The van der Waals surface area contributed by atoms with E-state index in [-0.39, 0.29) is 5.56 Å². The predicted molar refractivity (Wildman–Crippen MR) is 76.2 cm³/mol. The Balaban J connectivity index is 2.51. The SMILES string of the molecule is CCCn1ncc(OC)c1C(N)c1cc(C)c(F)cc1F. The van der Waals surface area contributed by atoms with Gasteiger partial charge in [-0.2, -0.15) is 5.10 Å². The molecule has 0 radical (unpaired) electrons. The maximum absolute atomic E-state index is 14.0. The molecule has 2 aromatic rings. The summed E-state index contributed by atoms with van der Waals surface area (Å²) in [6.45, 7) is 4.23. The predicted octanol–water partition coefficient (Wildman–Crippen LogP) is 2.94. The minimum Gasteiger partial charge on any atom is -0.493 e. The third kappa shape index (κ3) is 2.90. The molecule has 1 heterocycles. The summed E-state index contributed by atoms with van der Waals surface area (Å²) in [6.07, 6.45) is 2.41. The molecule has 0 bridgehead atoms. The van der Waals surface area contributed by atoms with Crippen molar-refractivity contribution in [2.24, 2.45) is 5.73 Å². The average Bonchev–Trinajstić information content (AvgIpc) is 2.85. The maximum atomic E-state index is 14.0. The number of ether oxygens (including phenoxy) is 1. The Kier molecular flexibility index (Phi) is 4.57. The molecule has 1 aromatic carbocycles. The van der Waals surface area contributed by atoms with Gasteiger partial charge in [-0.15, -0.1) is 0 Å². The highest BCUT2D eigenvalue weighted by Crippen LogP contribution is 2.30. The van der Waals surface area contributed by atoms with Gasteiger partial charge in [0, 0.05) is 18.2 Å². The van der Waals surface area contributed by atoms with Gasteiger partial charge in [0.2, 0.25) is 0 Å². The van der Waals surface area contributed by atoms with E-state index in [0.717, 1.165) is 12.5 Å². The van der Waals surface area contributed by atoms with Crippen LogP contribution in [-0.4, -0.2) is 16.9 Å². The van der Waals surface area contributed by atoms with Crippen LogP contribution in [0.3, 0.4) is 0 Å². The zero-order valence-electron chi connectivity index (χ0n) is 12.4. The molecule has 0 spiro atoms. The van der Waals surface area contributed by atoms with E-state index in [1.807, 2.05) is 6.92 Å². The fourth-order valence-corrected chi connectivity index (χ4v) is 2.30. The second kappa shape index (κ2) is 6.22. The van der Waals surface area contributed by atoms with Crippen molar-refractivity contribution in [3.8, 4) is 5.75 Å². The van der Waals surface area contributed by atoms with Crippen LogP contribution in [0.4, 0.5) is 8.78 Å². The maximum Gasteiger partial charge on any atom is 0.161 e. The van der Waals surface area contributed by atoms with Crippen molar-refractivity contribution in [1.29, 1.82) is 0 Å². The molecule has 6 heteroatoms. The molecule has 21 heavy (non-hydrogen) atoms. The zero-order valence-corrected chi connectivity index (χ0v) is 12.4. The average molecular weight is 295 g/mol. The second-order valence-electron chi connectivity index (χ2n) is 4.92. The Hall–Kier alpha value is -1.95. The molecule has 2 N–H and O–H groups in total. The van der Waals surface area contributed by atoms with Gasteiger partial charge in [0.1, 0.15) is 17.3 Å². The molecule has 114 valence electrons. The fraction of sp³-hybridized carbons (Fsp3) is 0.400. The fourth-order valence-electron chi connectivity index (χ4n) is 2.30. The van der Waals surface area contributed by atoms with Crippen LogP contribution in [0, 0.1) is 18.6 Å². The molecule has 0 aliphatic heterocycles. The minimum atomic E-state index is -0.770. The number of halogens is 2. The lowest BCUT2D eigenvalue weighted by atomic mass is 10.0. The highest BCUT2D eigenvalue weighted by molar-refractivity contribution is 5.38. The quantitative estimate of drug-likeness (QED) is 0.922. The van der Waals surface area contributed by atoms with Crippen LogP contribution in [0.25, 0.3) is 0 Å². The molecule has 0 saturated carbocycles. The first kappa shape index (κ1) is 15.4. The van der Waals surface area contributed by atoms with E-state index in [2.05, 4.69) is 5.10 Å². The highest BCUT2D eigenvalue weighted by Gasteiger charge is 2.23. The van der Waals surface area contributed by atoms with Crippen molar-refractivity contribution in [1.82, 2.24) is 9.78 Å². The Morgan fingerprint density at radius 1 is 1.33 bits per heavy atom. The van der Waals surface area contributed by atoms with Crippen molar-refractivity contribution in [2.45, 2.75) is 32.9 Å². The molecule has 0 aliphatic carbocycles. The van der Waals surface area contributed by atoms with E-state index in [1.54, 1.807) is 17.8 Å². The third-order valence-corrected chi connectivity index (χ3v) is 3.41. The lowest BCUT2D eigenvalue weighted by Crippen LogP contribution is -2.20. The topological polar surface area (TPSA) is 53.1 Å². The number of aryl methyl sites for hydroxylation is 2. The molecule has 1 atom stereocenters. The van der Waals surface area contributed by atoms with Gasteiger partial charge in [-0.25, -0.2) is 8.78 Å². The summed E-state index contributed by atoms with van der Waals surface area (Å²) in [5.41, 5.74) is 7.35. The Morgan fingerprint density at radius 2 is 2.05 bits per heavy atom. The molecule has 2 rings (SSSR count). The molecule has 1 unspecified atom stereocenters. The van der Waals surface area contributed by atoms with Gasteiger partial charge in [-0.05, 0) is 25.0 Å². The van der Waals surface area contributed by atoms with Crippen molar-refractivity contribution in [3.05, 3.63) is 46.8 Å². The first-order chi connectivity index (χ1) is 9.99. The molecule has 0 fully saturated rings. The van der Waals surface area contributed by atoms with Gasteiger partial charge in [0.25, 0.3) is 0 Å². The van der Waals surface area contributed by atoms with Crippen LogP contribution in [0.5, 0.6) is 5.75 Å². The molecule has 0 amide bonds. The van der Waals surface area contributed by atoms with Crippen molar-refractivity contribution < 1.29 is 13.5 Å². The first-order valence-corrected chi connectivity index (χ1v) is 6.80. The molecular formula is C15H19F2N3O. The number of hydrogen-bond donors (Lipinski definition) is 1. The Bertz CT molecular complexity index is 640. The second-order valence-corrected chi connectivity index (χ2v) is 4.92. The van der Waals surface area contributed by atoms with Crippen LogP contribution in [0.1, 0.15) is 36.2 Å². The number of methoxy groups -OCH3 is 1. The van der Waals surface area contributed by atoms with E-state index in [9.17, 15) is 8.78 Å². The van der Waals surface area contributed by atoms with Crippen molar-refractivity contribution in [2.75, 3.05) is 7.11 Å². The van der Waals surface area contributed by atoms with E-state index < -0.39 is 17.7 Å². The molecule has 1 aromatic heterocycles. The number of aromatic nitrogens is 2. The van der Waals surface area contributed by atoms with Gasteiger partial charge < -0.3 is 10.5 Å². The van der Waals surface area contributed by atoms with Crippen LogP contribution in [0.2, 0.25) is 0 Å². The Labute approximate surface area is 122 Å². The summed E-state index contributed by atoms with van der Waals surface area (Å²) in [7, 11) is 1.51. The van der Waals surface area contributed by atoms with E-state index in [4.69, 9.17) is 10.5 Å². The lowest BCUT2D eigenvalue weighted by Gasteiger charge is -2.17. The van der Waals surface area contributed by atoms with Gasteiger partial charge in [-0.3, -0.25) is 4.68 Å². The van der Waals surface area contributed by atoms with Crippen LogP contribution in [-0.2, 0) is 6.54 Å². The Morgan fingerprint density at radius 3 is 2.67 bits per heavy atom. The molecule has 4 nitrogen and oxygen atoms in total. The molecule has 0 aliphatic rings. The third-order valence-electron chi connectivity index (χ3n) is 3.41. The van der Waals surface area contributed by atoms with Crippen molar-refractivity contribution in [3.63, 3.8) is 0 Å². The largest absolute Gasteiger partial charge is 0.493 e. The number of rotatable bonds is 5. The summed E-state index contributed by atoms with van der Waals surface area (Å²) >= 11 is 0. The normalized spacial score (nSPS) is 12.5. The lowest BCUT2D eigenvalue weighted by molar-refractivity contribution is 0.403. The van der Waals surface area contributed by atoms with Gasteiger partial charge >= 0.3 is 0 Å². The number of nitrogens with two attached hydrogens (primary N) is 1. The van der Waals surface area contributed by atoms with Crippen molar-refractivity contribution >= 4 is 0 Å². The summed E-state index contributed by atoms with van der Waals surface area (Å²) < 4.78 is 34.4. The van der Waals surface area contributed by atoms with E-state index >= 15 is 0 Å². The molecule has 0 saturated heterocycles. The van der Waals surface area contributed by atoms with Crippen LogP contribution in [0.15, 0.2) is 18.3 Å². The van der Waals surface area contributed by atoms with Gasteiger partial charge in [0.15, 0.2) is 5.75 Å². The van der Waals surface area contributed by atoms with E-state index in [1.165, 1.54) is 13.2 Å². The minimum absolute atomic E-state index is 0.227. The summed E-state index contributed by atoms with van der Waals surface area (Å²) in [5, 5.41) is 4.21. The van der Waals surface area contributed by atoms with E-state index in [0.29, 0.717) is 23.6 Å². The summed E-state index contributed by atoms with van der Waals surface area (Å²) in [6, 6.07) is 1.52. The number of nitrogens with zero attached hydrogens (tertiary/aromatic N) is 2. The standard InChI is InChI=1S/C15H19F2N3O/c1-4-5-20-15(13(21-3)8-19-20)14(18)10-6-9(2)11(16)7-12(10)17/h6-8,14H,4-5,18H2,1-3H3. The van der Waals surface area contributed by atoms with Gasteiger partial charge in [0.05, 0.1) is 19.3 Å². The summed E-state index contributed by atoms with van der Waals surface area (Å²) in [4.78, 5) is 0. The number of hydrogen-bond acceptors (Lipinski definition) is 3. The molecular weight excluding hydrogens is 276 g/mol. The smallest absolute Gasteiger partial charge is 0.161 e. The van der Waals surface area contributed by atoms with Crippen LogP contribution >= 0.6 is 0 Å². The number of benzene rings is 1. The zero-order chi connectivity index (χ0) is 15.6. The first-order valence-electron chi connectivity index (χ1n) is 6.80. The highest BCUT2D eigenvalue weighted by atomic mass is 19.1. The van der Waals surface area contributed by atoms with Gasteiger partial charge in [-0.1, -0.05) is 6.92 Å². The summed E-state index contributed by atoms with van der Waals surface area (Å²) in [5.74, 6) is -0.758.